The number of carbonyl (C=O) groups is 1. The van der Waals surface area contributed by atoms with E-state index in [2.05, 4.69) is 20.0 Å². The van der Waals surface area contributed by atoms with Crippen LogP contribution < -0.4 is 0 Å². The molecule has 3 aromatic rings. The van der Waals surface area contributed by atoms with E-state index in [1.54, 1.807) is 11.3 Å². The topological polar surface area (TPSA) is 74.8 Å². The van der Waals surface area contributed by atoms with Gasteiger partial charge in [0.1, 0.15) is 6.54 Å². The second kappa shape index (κ2) is 7.13. The fraction of sp³-hybridized carbons (Fsp3) is 0.444. The van der Waals surface area contributed by atoms with Crippen molar-refractivity contribution in [2.24, 2.45) is 0 Å². The van der Waals surface area contributed by atoms with Gasteiger partial charge in [-0.2, -0.15) is 4.80 Å². The number of ketones is 1. The SMILES string of the molecule is Cc1cc(C(=O)Cn2nnc(-c3cccs3)n2)c(C)n1CC1CCCO1. The molecule has 0 radical (unpaired) electrons. The Morgan fingerprint density at radius 3 is 3.04 bits per heavy atom. The molecule has 0 N–H and O–H groups in total. The second-order valence-corrected chi connectivity index (χ2v) is 7.52. The minimum Gasteiger partial charge on any atom is -0.376 e. The Hall–Kier alpha value is -2.32. The second-order valence-electron chi connectivity index (χ2n) is 6.57. The maximum absolute atomic E-state index is 12.8. The van der Waals surface area contributed by atoms with Crippen LogP contribution in [0, 0.1) is 13.8 Å². The summed E-state index contributed by atoms with van der Waals surface area (Å²) in [4.78, 5) is 15.1. The van der Waals surface area contributed by atoms with Crippen molar-refractivity contribution in [2.45, 2.75) is 45.9 Å². The van der Waals surface area contributed by atoms with Gasteiger partial charge in [-0.1, -0.05) is 6.07 Å². The molecule has 4 heterocycles. The number of aromatic nitrogens is 5. The van der Waals surface area contributed by atoms with Gasteiger partial charge in [0.05, 0.1) is 11.0 Å². The zero-order chi connectivity index (χ0) is 18.1. The van der Waals surface area contributed by atoms with Crippen molar-refractivity contribution < 1.29 is 9.53 Å². The van der Waals surface area contributed by atoms with Crippen molar-refractivity contribution in [2.75, 3.05) is 6.61 Å². The fourth-order valence-corrected chi connectivity index (χ4v) is 4.03. The third-order valence-electron chi connectivity index (χ3n) is 4.76. The number of aryl methyl sites for hydroxylation is 1. The summed E-state index contributed by atoms with van der Waals surface area (Å²) in [6, 6.07) is 5.82. The van der Waals surface area contributed by atoms with Crippen molar-refractivity contribution >= 4 is 17.1 Å². The highest BCUT2D eigenvalue weighted by atomic mass is 32.1. The lowest BCUT2D eigenvalue weighted by Crippen LogP contribution is -2.18. The highest BCUT2D eigenvalue weighted by Gasteiger charge is 2.21. The standard InChI is InChI=1S/C18H21N5O2S/c1-12-9-15(13(2)22(12)10-14-5-3-7-25-14)16(24)11-23-20-18(19-21-23)17-6-4-8-26-17/h4,6,8-9,14H,3,5,7,10-11H2,1-2H3. The fourth-order valence-electron chi connectivity index (χ4n) is 3.38. The van der Waals surface area contributed by atoms with Gasteiger partial charge in [0, 0.05) is 30.1 Å². The van der Waals surface area contributed by atoms with Crippen molar-refractivity contribution in [1.82, 2.24) is 24.8 Å². The molecule has 136 valence electrons. The first-order valence-corrected chi connectivity index (χ1v) is 9.63. The molecule has 0 bridgehead atoms. The first-order valence-electron chi connectivity index (χ1n) is 8.75. The quantitative estimate of drug-likeness (QED) is 0.623. The van der Waals surface area contributed by atoms with Gasteiger partial charge in [-0.3, -0.25) is 4.79 Å². The number of thiophene rings is 1. The molecule has 7 nitrogen and oxygen atoms in total. The third-order valence-corrected chi connectivity index (χ3v) is 5.63. The van der Waals surface area contributed by atoms with Crippen LogP contribution in [0.15, 0.2) is 23.6 Å². The molecule has 3 aromatic heterocycles. The van der Waals surface area contributed by atoms with Gasteiger partial charge in [-0.15, -0.1) is 21.5 Å². The lowest BCUT2D eigenvalue weighted by molar-refractivity contribution is 0.0943. The molecule has 0 saturated carbocycles. The zero-order valence-electron chi connectivity index (χ0n) is 14.9. The number of tetrazole rings is 1. The van der Waals surface area contributed by atoms with Crippen LogP contribution in [0.1, 0.15) is 34.6 Å². The van der Waals surface area contributed by atoms with E-state index in [0.29, 0.717) is 5.82 Å². The van der Waals surface area contributed by atoms with Crippen molar-refractivity contribution in [1.29, 1.82) is 0 Å². The van der Waals surface area contributed by atoms with E-state index in [4.69, 9.17) is 4.74 Å². The summed E-state index contributed by atoms with van der Waals surface area (Å²) >= 11 is 1.55. The predicted octanol–water partition coefficient (Wildman–Crippen LogP) is 2.88. The molecule has 0 aliphatic carbocycles. The van der Waals surface area contributed by atoms with Gasteiger partial charge >= 0.3 is 0 Å². The molecule has 1 aliphatic heterocycles. The van der Waals surface area contributed by atoms with Crippen LogP contribution >= 0.6 is 11.3 Å². The Morgan fingerprint density at radius 2 is 2.31 bits per heavy atom. The molecular formula is C18H21N5O2S. The van der Waals surface area contributed by atoms with E-state index in [-0.39, 0.29) is 18.4 Å². The highest BCUT2D eigenvalue weighted by molar-refractivity contribution is 7.13. The number of rotatable bonds is 6. The molecule has 26 heavy (non-hydrogen) atoms. The number of nitrogens with zero attached hydrogens (tertiary/aromatic N) is 5. The predicted molar refractivity (Wildman–Crippen MR) is 98.3 cm³/mol. The lowest BCUT2D eigenvalue weighted by Gasteiger charge is -2.14. The smallest absolute Gasteiger partial charge is 0.214 e. The molecule has 8 heteroatoms. The van der Waals surface area contributed by atoms with Gasteiger partial charge in [-0.25, -0.2) is 0 Å². The van der Waals surface area contributed by atoms with Gasteiger partial charge in [0.15, 0.2) is 5.78 Å². The summed E-state index contributed by atoms with van der Waals surface area (Å²) in [5.74, 6) is 0.545. The van der Waals surface area contributed by atoms with Crippen LogP contribution in [0.25, 0.3) is 10.7 Å². The molecule has 4 rings (SSSR count). The van der Waals surface area contributed by atoms with Gasteiger partial charge in [-0.05, 0) is 49.4 Å². The first-order chi connectivity index (χ1) is 12.6. The van der Waals surface area contributed by atoms with Crippen LogP contribution in [0.2, 0.25) is 0 Å². The van der Waals surface area contributed by atoms with Gasteiger partial charge < -0.3 is 9.30 Å². The van der Waals surface area contributed by atoms with E-state index in [1.165, 1.54) is 4.80 Å². The normalized spacial score (nSPS) is 17.1. The van der Waals surface area contributed by atoms with E-state index in [0.717, 1.165) is 47.8 Å². The van der Waals surface area contributed by atoms with Crippen LogP contribution in [-0.4, -0.2) is 43.3 Å². The summed E-state index contributed by atoms with van der Waals surface area (Å²) in [5, 5.41) is 14.3. The Labute approximate surface area is 155 Å². The number of carbonyl (C=O) groups excluding carboxylic acids is 1. The largest absolute Gasteiger partial charge is 0.376 e. The van der Waals surface area contributed by atoms with E-state index in [9.17, 15) is 4.79 Å². The molecule has 0 spiro atoms. The molecule has 0 amide bonds. The Kier molecular flexibility index (Phi) is 4.69. The van der Waals surface area contributed by atoms with Crippen LogP contribution in [0.3, 0.4) is 0 Å². The van der Waals surface area contributed by atoms with Crippen molar-refractivity contribution in [3.63, 3.8) is 0 Å². The third kappa shape index (κ3) is 3.34. The number of ether oxygens (including phenoxy) is 1. The van der Waals surface area contributed by atoms with Crippen LogP contribution in [-0.2, 0) is 17.8 Å². The Bertz CT molecular complexity index is 906. The van der Waals surface area contributed by atoms with Gasteiger partial charge in [0.25, 0.3) is 0 Å². The Balaban J connectivity index is 1.49. The van der Waals surface area contributed by atoms with Crippen molar-refractivity contribution in [3.8, 4) is 10.7 Å². The monoisotopic (exact) mass is 371 g/mol. The molecule has 1 unspecified atom stereocenters. The molecule has 1 atom stereocenters. The maximum atomic E-state index is 12.8. The van der Waals surface area contributed by atoms with Crippen LogP contribution in [0.5, 0.6) is 0 Å². The summed E-state index contributed by atoms with van der Waals surface area (Å²) in [5.41, 5.74) is 2.77. The number of Topliss-reactive ketones (excluding diaryl/α,β-unsaturated/α-hetero) is 1. The molecule has 0 aromatic carbocycles. The maximum Gasteiger partial charge on any atom is 0.214 e. The average molecular weight is 371 g/mol. The molecule has 1 fully saturated rings. The summed E-state index contributed by atoms with van der Waals surface area (Å²) in [7, 11) is 0. The average Bonchev–Trinajstić information content (AvgIpc) is 3.40. The minimum absolute atomic E-state index is 0.00757. The van der Waals surface area contributed by atoms with E-state index < -0.39 is 0 Å². The van der Waals surface area contributed by atoms with Crippen molar-refractivity contribution in [3.05, 3.63) is 40.5 Å². The molecule has 1 saturated heterocycles. The Morgan fingerprint density at radius 1 is 1.42 bits per heavy atom. The lowest BCUT2D eigenvalue weighted by atomic mass is 10.1. The summed E-state index contributed by atoms with van der Waals surface area (Å²) in [6.07, 6.45) is 2.43. The van der Waals surface area contributed by atoms with Crippen LogP contribution in [0.4, 0.5) is 0 Å². The molecule has 1 aliphatic rings. The summed E-state index contributed by atoms with van der Waals surface area (Å²) < 4.78 is 7.91. The zero-order valence-corrected chi connectivity index (χ0v) is 15.7. The number of hydrogen-bond donors (Lipinski definition) is 0. The minimum atomic E-state index is -0.00757. The number of hydrogen-bond acceptors (Lipinski definition) is 6. The highest BCUT2D eigenvalue weighted by Crippen LogP contribution is 2.22. The van der Waals surface area contributed by atoms with Gasteiger partial charge in [0.2, 0.25) is 5.82 Å². The molecular weight excluding hydrogens is 350 g/mol. The summed E-state index contributed by atoms with van der Waals surface area (Å²) in [6.45, 7) is 5.74. The first kappa shape index (κ1) is 17.1. The van der Waals surface area contributed by atoms with E-state index >= 15 is 0 Å². The van der Waals surface area contributed by atoms with E-state index in [1.807, 2.05) is 37.4 Å².